The van der Waals surface area contributed by atoms with Crippen LogP contribution in [-0.2, 0) is 11.2 Å². The summed E-state index contributed by atoms with van der Waals surface area (Å²) in [5.74, 6) is 0.981. The van der Waals surface area contributed by atoms with Gasteiger partial charge in [-0.05, 0) is 37.0 Å². The number of aromatic nitrogens is 1. The molecule has 1 aliphatic rings. The van der Waals surface area contributed by atoms with Gasteiger partial charge in [-0.1, -0.05) is 36.4 Å². The molecule has 0 spiro atoms. The van der Waals surface area contributed by atoms with Crippen LogP contribution in [0.1, 0.15) is 24.8 Å². The van der Waals surface area contributed by atoms with E-state index < -0.39 is 0 Å². The molecule has 3 rings (SSSR count). The summed E-state index contributed by atoms with van der Waals surface area (Å²) in [6.07, 6.45) is 5.31. The zero-order valence-corrected chi connectivity index (χ0v) is 11.4. The Morgan fingerprint density at radius 3 is 2.65 bits per heavy atom. The first-order chi connectivity index (χ1) is 9.84. The van der Waals surface area contributed by atoms with E-state index >= 15 is 0 Å². The number of benzene rings is 1. The Balaban J connectivity index is 1.71. The Labute approximate surface area is 119 Å². The zero-order chi connectivity index (χ0) is 13.8. The fourth-order valence-corrected chi connectivity index (χ4v) is 2.81. The molecule has 2 heterocycles. The average molecular weight is 266 g/mol. The first-order valence-corrected chi connectivity index (χ1v) is 7.11. The van der Waals surface area contributed by atoms with Gasteiger partial charge in [0.1, 0.15) is 5.82 Å². The van der Waals surface area contributed by atoms with E-state index in [4.69, 9.17) is 0 Å². The summed E-state index contributed by atoms with van der Waals surface area (Å²) in [5.41, 5.74) is 1.33. The Morgan fingerprint density at radius 2 is 1.90 bits per heavy atom. The predicted octanol–water partition coefficient (Wildman–Crippen LogP) is 3.21. The fraction of sp³-hybridized carbons (Fsp3) is 0.294. The molecule has 1 saturated heterocycles. The molecule has 0 saturated carbocycles. The van der Waals surface area contributed by atoms with Crippen molar-refractivity contribution in [3.05, 3.63) is 60.3 Å². The molecule has 2 aromatic rings. The van der Waals surface area contributed by atoms with E-state index in [0.717, 1.165) is 25.1 Å². The average Bonchev–Trinajstić information content (AvgIpc) is 2.88. The van der Waals surface area contributed by atoms with Crippen molar-refractivity contribution in [2.24, 2.45) is 0 Å². The van der Waals surface area contributed by atoms with E-state index in [-0.39, 0.29) is 11.9 Å². The number of hydrogen-bond acceptors (Lipinski definition) is 2. The van der Waals surface area contributed by atoms with Crippen molar-refractivity contribution in [2.45, 2.75) is 31.7 Å². The molecule has 0 radical (unpaired) electrons. The van der Waals surface area contributed by atoms with Crippen molar-refractivity contribution < 1.29 is 4.79 Å². The van der Waals surface area contributed by atoms with Crippen molar-refractivity contribution in [2.75, 3.05) is 4.90 Å². The van der Waals surface area contributed by atoms with Crippen molar-refractivity contribution in [1.29, 1.82) is 0 Å². The summed E-state index contributed by atoms with van der Waals surface area (Å²) < 4.78 is 0. The van der Waals surface area contributed by atoms with Crippen molar-refractivity contribution in [3.8, 4) is 0 Å². The van der Waals surface area contributed by atoms with E-state index in [2.05, 4.69) is 29.2 Å². The Morgan fingerprint density at radius 1 is 1.10 bits per heavy atom. The second-order valence-electron chi connectivity index (χ2n) is 5.17. The number of amides is 1. The molecule has 3 nitrogen and oxygen atoms in total. The minimum Gasteiger partial charge on any atom is -0.294 e. The van der Waals surface area contributed by atoms with Gasteiger partial charge in [0.25, 0.3) is 0 Å². The van der Waals surface area contributed by atoms with Gasteiger partial charge in [-0.25, -0.2) is 4.98 Å². The molecule has 20 heavy (non-hydrogen) atoms. The molecule has 1 fully saturated rings. The monoisotopic (exact) mass is 266 g/mol. The van der Waals surface area contributed by atoms with Crippen molar-refractivity contribution >= 4 is 11.7 Å². The van der Waals surface area contributed by atoms with Crippen LogP contribution in [0.25, 0.3) is 0 Å². The highest BCUT2D eigenvalue weighted by atomic mass is 16.2. The summed E-state index contributed by atoms with van der Waals surface area (Å²) in [7, 11) is 0. The van der Waals surface area contributed by atoms with E-state index in [1.807, 2.05) is 29.2 Å². The van der Waals surface area contributed by atoms with E-state index in [1.165, 1.54) is 5.56 Å². The maximum absolute atomic E-state index is 12.1. The molecule has 1 atom stereocenters. The first kappa shape index (κ1) is 12.9. The van der Waals surface area contributed by atoms with Gasteiger partial charge < -0.3 is 0 Å². The molecule has 1 aromatic carbocycles. The van der Waals surface area contributed by atoms with Crippen molar-refractivity contribution in [3.63, 3.8) is 0 Å². The highest BCUT2D eigenvalue weighted by Gasteiger charge is 2.32. The molecule has 3 heteroatoms. The largest absolute Gasteiger partial charge is 0.294 e. The summed E-state index contributed by atoms with van der Waals surface area (Å²) in [6, 6.07) is 16.4. The van der Waals surface area contributed by atoms with E-state index in [1.54, 1.807) is 6.20 Å². The van der Waals surface area contributed by atoms with Crippen LogP contribution in [0.4, 0.5) is 5.82 Å². The van der Waals surface area contributed by atoms with Crippen LogP contribution < -0.4 is 4.90 Å². The van der Waals surface area contributed by atoms with Gasteiger partial charge in [-0.2, -0.15) is 0 Å². The van der Waals surface area contributed by atoms with Gasteiger partial charge in [0.15, 0.2) is 0 Å². The van der Waals surface area contributed by atoms with Crippen LogP contribution in [0.5, 0.6) is 0 Å². The second kappa shape index (κ2) is 5.87. The number of carbonyl (C=O) groups is 1. The lowest BCUT2D eigenvalue weighted by Crippen LogP contribution is -2.33. The SMILES string of the molecule is O=C1CC[C@H](CCc2ccccc2)N1c1ccccn1. The molecule has 0 bridgehead atoms. The van der Waals surface area contributed by atoms with Crippen molar-refractivity contribution in [1.82, 2.24) is 4.98 Å². The third kappa shape index (κ3) is 2.72. The minimum absolute atomic E-state index is 0.196. The van der Waals surface area contributed by atoms with Gasteiger partial charge in [0, 0.05) is 18.7 Å². The Kier molecular flexibility index (Phi) is 3.77. The quantitative estimate of drug-likeness (QED) is 0.851. The number of pyridine rings is 1. The van der Waals surface area contributed by atoms with Crippen LogP contribution in [0.2, 0.25) is 0 Å². The normalized spacial score (nSPS) is 18.5. The fourth-order valence-electron chi connectivity index (χ4n) is 2.81. The van der Waals surface area contributed by atoms with Crippen LogP contribution in [0.15, 0.2) is 54.7 Å². The highest BCUT2D eigenvalue weighted by molar-refractivity contribution is 5.95. The molecule has 1 aliphatic heterocycles. The molecule has 0 N–H and O–H groups in total. The third-order valence-electron chi connectivity index (χ3n) is 3.83. The van der Waals surface area contributed by atoms with E-state index in [0.29, 0.717) is 6.42 Å². The van der Waals surface area contributed by atoms with E-state index in [9.17, 15) is 4.79 Å². The van der Waals surface area contributed by atoms with Gasteiger partial charge in [-0.3, -0.25) is 9.69 Å². The number of carbonyl (C=O) groups excluding carboxylic acids is 1. The summed E-state index contributed by atoms with van der Waals surface area (Å²) in [6.45, 7) is 0. The molecule has 0 aliphatic carbocycles. The highest BCUT2D eigenvalue weighted by Crippen LogP contribution is 2.27. The van der Waals surface area contributed by atoms with Crippen LogP contribution in [0, 0.1) is 0 Å². The molecule has 102 valence electrons. The van der Waals surface area contributed by atoms with Gasteiger partial charge in [0.2, 0.25) is 5.91 Å². The number of nitrogens with zero attached hydrogens (tertiary/aromatic N) is 2. The second-order valence-corrected chi connectivity index (χ2v) is 5.17. The number of rotatable bonds is 4. The topological polar surface area (TPSA) is 33.2 Å². The maximum Gasteiger partial charge on any atom is 0.228 e. The van der Waals surface area contributed by atoms with Gasteiger partial charge in [-0.15, -0.1) is 0 Å². The predicted molar refractivity (Wildman–Crippen MR) is 79.5 cm³/mol. The number of anilines is 1. The molecular formula is C17H18N2O. The lowest BCUT2D eigenvalue weighted by atomic mass is 10.0. The Hall–Kier alpha value is -2.16. The molecule has 1 amide bonds. The van der Waals surface area contributed by atoms with Crippen LogP contribution >= 0.6 is 0 Å². The number of aryl methyl sites for hydroxylation is 1. The lowest BCUT2D eigenvalue weighted by Gasteiger charge is -2.23. The minimum atomic E-state index is 0.196. The van der Waals surface area contributed by atoms with Crippen LogP contribution in [-0.4, -0.2) is 16.9 Å². The first-order valence-electron chi connectivity index (χ1n) is 7.11. The standard InChI is InChI=1S/C17H18N2O/c20-17-12-11-15(10-9-14-6-2-1-3-7-14)19(17)16-8-4-5-13-18-16/h1-8,13,15H,9-12H2/t15-/m0/s1. The smallest absolute Gasteiger partial charge is 0.228 e. The zero-order valence-electron chi connectivity index (χ0n) is 11.4. The summed E-state index contributed by atoms with van der Waals surface area (Å²) >= 11 is 0. The van der Waals surface area contributed by atoms with Gasteiger partial charge in [0.05, 0.1) is 0 Å². The number of hydrogen-bond donors (Lipinski definition) is 0. The summed E-state index contributed by atoms with van der Waals surface area (Å²) in [4.78, 5) is 18.3. The summed E-state index contributed by atoms with van der Waals surface area (Å²) in [5, 5.41) is 0. The van der Waals surface area contributed by atoms with Gasteiger partial charge >= 0.3 is 0 Å². The Bertz CT molecular complexity index is 568. The lowest BCUT2D eigenvalue weighted by molar-refractivity contribution is -0.117. The molecule has 1 aromatic heterocycles. The van der Waals surface area contributed by atoms with Crippen LogP contribution in [0.3, 0.4) is 0 Å². The molecule has 0 unspecified atom stereocenters. The third-order valence-corrected chi connectivity index (χ3v) is 3.83. The molecular weight excluding hydrogens is 248 g/mol. The maximum atomic E-state index is 12.1.